The van der Waals surface area contributed by atoms with E-state index in [1.54, 1.807) is 0 Å². The second-order valence-corrected chi connectivity index (χ2v) is 4.50. The highest BCUT2D eigenvalue weighted by molar-refractivity contribution is 5.71. The number of hydrogen-bond acceptors (Lipinski definition) is 2. The van der Waals surface area contributed by atoms with E-state index in [0.717, 1.165) is 23.1 Å². The molecule has 2 aromatic carbocycles. The maximum Gasteiger partial charge on any atom is 0.307 e. The number of carboxylic acids is 1. The highest BCUT2D eigenvalue weighted by atomic mass is 16.4. The second-order valence-electron chi connectivity index (χ2n) is 4.50. The Labute approximate surface area is 112 Å². The summed E-state index contributed by atoms with van der Waals surface area (Å²) in [5, 5.41) is 8.72. The van der Waals surface area contributed by atoms with E-state index in [9.17, 15) is 4.79 Å². The quantitative estimate of drug-likeness (QED) is 0.862. The number of aliphatic carboxylic acids is 1. The van der Waals surface area contributed by atoms with Gasteiger partial charge in [0.2, 0.25) is 0 Å². The van der Waals surface area contributed by atoms with Gasteiger partial charge in [-0.15, -0.1) is 0 Å². The molecule has 0 amide bonds. The molecule has 0 saturated carbocycles. The van der Waals surface area contributed by atoms with Gasteiger partial charge in [0.05, 0.1) is 6.42 Å². The van der Waals surface area contributed by atoms with Gasteiger partial charge < -0.3 is 10.8 Å². The van der Waals surface area contributed by atoms with Gasteiger partial charge >= 0.3 is 5.97 Å². The van der Waals surface area contributed by atoms with Crippen LogP contribution in [0.3, 0.4) is 0 Å². The molecule has 19 heavy (non-hydrogen) atoms. The molecule has 0 spiro atoms. The molecular formula is C16H17NO2. The third-order valence-electron chi connectivity index (χ3n) is 3.03. The molecular weight excluding hydrogens is 238 g/mol. The van der Waals surface area contributed by atoms with Crippen LogP contribution in [0.15, 0.2) is 48.5 Å². The van der Waals surface area contributed by atoms with Crippen molar-refractivity contribution in [2.75, 3.05) is 6.54 Å². The van der Waals surface area contributed by atoms with Crippen LogP contribution in [0, 0.1) is 0 Å². The normalized spacial score (nSPS) is 10.4. The molecule has 0 fully saturated rings. The van der Waals surface area contributed by atoms with Crippen molar-refractivity contribution in [3.05, 3.63) is 59.7 Å². The Bertz CT molecular complexity index is 544. The van der Waals surface area contributed by atoms with E-state index in [4.69, 9.17) is 10.8 Å². The first-order valence-corrected chi connectivity index (χ1v) is 6.29. The van der Waals surface area contributed by atoms with Crippen LogP contribution in [0.25, 0.3) is 11.1 Å². The van der Waals surface area contributed by atoms with Gasteiger partial charge in [-0.3, -0.25) is 4.79 Å². The second kappa shape index (κ2) is 6.16. The average molecular weight is 255 g/mol. The highest BCUT2D eigenvalue weighted by Gasteiger charge is 2.02. The topological polar surface area (TPSA) is 63.3 Å². The fraction of sp³-hybridized carbons (Fsp3) is 0.188. The standard InChI is InChI=1S/C16H17NO2/c17-10-9-12-1-5-14(6-2-12)15-7-3-13(4-8-15)11-16(18)19/h1-8H,9-11,17H2,(H,18,19). The van der Waals surface area contributed by atoms with Gasteiger partial charge in [-0.2, -0.15) is 0 Å². The molecule has 0 radical (unpaired) electrons. The molecule has 0 atom stereocenters. The Morgan fingerprint density at radius 1 is 0.895 bits per heavy atom. The number of nitrogens with two attached hydrogens (primary N) is 1. The molecule has 0 heterocycles. The first-order chi connectivity index (χ1) is 9.19. The maximum absolute atomic E-state index is 10.6. The van der Waals surface area contributed by atoms with Crippen LogP contribution in [-0.4, -0.2) is 17.6 Å². The van der Waals surface area contributed by atoms with Gasteiger partial charge in [-0.05, 0) is 35.2 Å². The minimum absolute atomic E-state index is 0.0652. The van der Waals surface area contributed by atoms with Crippen molar-refractivity contribution in [2.45, 2.75) is 12.8 Å². The number of carbonyl (C=O) groups is 1. The summed E-state index contributed by atoms with van der Waals surface area (Å²) < 4.78 is 0. The van der Waals surface area contributed by atoms with Gasteiger partial charge in [0.15, 0.2) is 0 Å². The van der Waals surface area contributed by atoms with Gasteiger partial charge in [0, 0.05) is 0 Å². The summed E-state index contributed by atoms with van der Waals surface area (Å²) in [5.74, 6) is -0.807. The first-order valence-electron chi connectivity index (χ1n) is 6.29. The molecule has 2 rings (SSSR count). The van der Waals surface area contributed by atoms with Crippen LogP contribution in [-0.2, 0) is 17.6 Å². The van der Waals surface area contributed by atoms with Crippen LogP contribution in [0.1, 0.15) is 11.1 Å². The largest absolute Gasteiger partial charge is 0.481 e. The minimum Gasteiger partial charge on any atom is -0.481 e. The molecule has 2 aromatic rings. The summed E-state index contributed by atoms with van der Waals surface area (Å²) in [6.45, 7) is 0.656. The number of carboxylic acid groups (broad SMARTS) is 1. The van der Waals surface area contributed by atoms with Crippen molar-refractivity contribution in [3.63, 3.8) is 0 Å². The molecule has 0 aliphatic heterocycles. The molecule has 0 saturated heterocycles. The van der Waals surface area contributed by atoms with Crippen LogP contribution >= 0.6 is 0 Å². The predicted molar refractivity (Wildman–Crippen MR) is 76.0 cm³/mol. The zero-order chi connectivity index (χ0) is 13.7. The SMILES string of the molecule is NCCc1ccc(-c2ccc(CC(=O)O)cc2)cc1. The lowest BCUT2D eigenvalue weighted by Crippen LogP contribution is -2.02. The number of benzene rings is 2. The number of rotatable bonds is 5. The zero-order valence-corrected chi connectivity index (χ0v) is 10.7. The Kier molecular flexibility index (Phi) is 4.31. The fourth-order valence-corrected chi connectivity index (χ4v) is 2.02. The lowest BCUT2D eigenvalue weighted by Gasteiger charge is -2.05. The van der Waals surface area contributed by atoms with Crippen molar-refractivity contribution in [2.24, 2.45) is 5.73 Å². The van der Waals surface area contributed by atoms with Crippen molar-refractivity contribution in [1.82, 2.24) is 0 Å². The van der Waals surface area contributed by atoms with Gasteiger partial charge in [0.1, 0.15) is 0 Å². The lowest BCUT2D eigenvalue weighted by atomic mass is 10.0. The van der Waals surface area contributed by atoms with E-state index in [1.165, 1.54) is 5.56 Å². The molecule has 0 unspecified atom stereocenters. The third kappa shape index (κ3) is 3.66. The predicted octanol–water partition coefficient (Wildman–Crippen LogP) is 2.48. The van der Waals surface area contributed by atoms with Crippen molar-refractivity contribution >= 4 is 5.97 Å². The van der Waals surface area contributed by atoms with Crippen LogP contribution < -0.4 is 5.73 Å². The first kappa shape index (κ1) is 13.3. The molecule has 3 nitrogen and oxygen atoms in total. The Balaban J connectivity index is 2.15. The van der Waals surface area contributed by atoms with Gasteiger partial charge in [-0.25, -0.2) is 0 Å². The Morgan fingerprint density at radius 2 is 1.37 bits per heavy atom. The highest BCUT2D eigenvalue weighted by Crippen LogP contribution is 2.20. The van der Waals surface area contributed by atoms with E-state index < -0.39 is 5.97 Å². The van der Waals surface area contributed by atoms with Crippen molar-refractivity contribution in [1.29, 1.82) is 0 Å². The molecule has 0 aliphatic carbocycles. The van der Waals surface area contributed by atoms with E-state index in [0.29, 0.717) is 6.54 Å². The molecule has 0 aliphatic rings. The third-order valence-corrected chi connectivity index (χ3v) is 3.03. The van der Waals surface area contributed by atoms with E-state index >= 15 is 0 Å². The van der Waals surface area contributed by atoms with Crippen LogP contribution in [0.2, 0.25) is 0 Å². The average Bonchev–Trinajstić information content (AvgIpc) is 2.40. The van der Waals surface area contributed by atoms with E-state index in [2.05, 4.69) is 24.3 Å². The smallest absolute Gasteiger partial charge is 0.307 e. The van der Waals surface area contributed by atoms with Crippen molar-refractivity contribution < 1.29 is 9.90 Å². The van der Waals surface area contributed by atoms with E-state index in [-0.39, 0.29) is 6.42 Å². The molecule has 3 N–H and O–H groups in total. The summed E-state index contributed by atoms with van der Waals surface area (Å²) in [5.41, 5.74) is 9.78. The zero-order valence-electron chi connectivity index (χ0n) is 10.7. The monoisotopic (exact) mass is 255 g/mol. The summed E-state index contributed by atoms with van der Waals surface area (Å²) in [6, 6.07) is 15.9. The van der Waals surface area contributed by atoms with Gasteiger partial charge in [-0.1, -0.05) is 48.5 Å². The summed E-state index contributed by atoms with van der Waals surface area (Å²) in [7, 11) is 0. The Morgan fingerprint density at radius 3 is 1.79 bits per heavy atom. The summed E-state index contributed by atoms with van der Waals surface area (Å²) in [6.07, 6.45) is 0.952. The summed E-state index contributed by atoms with van der Waals surface area (Å²) in [4.78, 5) is 10.6. The van der Waals surface area contributed by atoms with Crippen molar-refractivity contribution in [3.8, 4) is 11.1 Å². The minimum atomic E-state index is -0.807. The van der Waals surface area contributed by atoms with Crippen LogP contribution in [0.4, 0.5) is 0 Å². The Hall–Kier alpha value is -2.13. The maximum atomic E-state index is 10.6. The summed E-state index contributed by atoms with van der Waals surface area (Å²) >= 11 is 0. The lowest BCUT2D eigenvalue weighted by molar-refractivity contribution is -0.136. The van der Waals surface area contributed by atoms with Crippen LogP contribution in [0.5, 0.6) is 0 Å². The molecule has 98 valence electrons. The number of hydrogen-bond donors (Lipinski definition) is 2. The molecule has 0 bridgehead atoms. The van der Waals surface area contributed by atoms with Gasteiger partial charge in [0.25, 0.3) is 0 Å². The van der Waals surface area contributed by atoms with E-state index in [1.807, 2.05) is 24.3 Å². The molecule has 0 aromatic heterocycles. The molecule has 3 heteroatoms. The fourth-order valence-electron chi connectivity index (χ4n) is 2.02.